The number of aromatic hydroxyl groups is 1. The first-order chi connectivity index (χ1) is 9.88. The number of aromatic nitrogens is 1. The smallest absolute Gasteiger partial charge is 0.218 e. The Morgan fingerprint density at radius 3 is 2.57 bits per heavy atom. The van der Waals surface area contributed by atoms with Crippen LogP contribution in [0, 0.1) is 0 Å². The maximum Gasteiger partial charge on any atom is 0.218 e. The molecule has 110 valence electrons. The van der Waals surface area contributed by atoms with Crippen LogP contribution >= 0.6 is 39.1 Å². The minimum Gasteiger partial charge on any atom is -0.508 e. The predicted molar refractivity (Wildman–Crippen MR) is 85.7 cm³/mol. The lowest BCUT2D eigenvalue weighted by Gasteiger charge is -2.18. The number of benzene rings is 1. The van der Waals surface area contributed by atoms with Gasteiger partial charge in [0.1, 0.15) is 10.4 Å². The topological polar surface area (TPSA) is 76.2 Å². The molecule has 7 heteroatoms. The number of carbonyl (C=O) groups is 1. The number of primary amides is 1. The molecule has 1 heterocycles. The summed E-state index contributed by atoms with van der Waals surface area (Å²) < 4.78 is 0.669. The Morgan fingerprint density at radius 1 is 1.33 bits per heavy atom. The summed E-state index contributed by atoms with van der Waals surface area (Å²) in [5.74, 6) is -0.982. The number of rotatable bonds is 4. The first-order valence-electron chi connectivity index (χ1n) is 5.96. The van der Waals surface area contributed by atoms with Gasteiger partial charge < -0.3 is 10.8 Å². The number of nitrogens with two attached hydrogens (primary N) is 1. The molecule has 21 heavy (non-hydrogen) atoms. The quantitative estimate of drug-likeness (QED) is 0.779. The molecule has 4 nitrogen and oxygen atoms in total. The molecule has 1 unspecified atom stereocenters. The maximum absolute atomic E-state index is 11.3. The van der Waals surface area contributed by atoms with Crippen LogP contribution in [0.3, 0.4) is 0 Å². The summed E-state index contributed by atoms with van der Waals surface area (Å²) in [7, 11) is 0. The van der Waals surface area contributed by atoms with Crippen LogP contribution in [0.2, 0.25) is 10.0 Å². The lowest BCUT2D eigenvalue weighted by atomic mass is 9.88. The van der Waals surface area contributed by atoms with Gasteiger partial charge in [0, 0.05) is 30.2 Å². The van der Waals surface area contributed by atoms with Gasteiger partial charge in [-0.15, -0.1) is 0 Å². The Hall–Kier alpha value is -1.30. The van der Waals surface area contributed by atoms with Gasteiger partial charge in [0.25, 0.3) is 0 Å². The Morgan fingerprint density at radius 2 is 2.00 bits per heavy atom. The van der Waals surface area contributed by atoms with Crippen molar-refractivity contribution in [1.29, 1.82) is 0 Å². The Kier molecular flexibility index (Phi) is 5.08. The molecule has 0 aliphatic carbocycles. The van der Waals surface area contributed by atoms with Crippen molar-refractivity contribution in [3.63, 3.8) is 0 Å². The maximum atomic E-state index is 11.3. The minimum absolute atomic E-state index is 0.0227. The molecule has 0 spiro atoms. The number of pyridine rings is 1. The zero-order chi connectivity index (χ0) is 15.6. The van der Waals surface area contributed by atoms with Crippen LogP contribution in [0.5, 0.6) is 5.75 Å². The standard InChI is InChI=1S/C14H11BrCl2N2O2/c15-13-2-1-7(6-19-13)8(4-14(18)21)9-3-10(16)11(17)5-12(9)20/h1-3,5-6,8,20H,4H2,(H2,18,21). The van der Waals surface area contributed by atoms with Gasteiger partial charge in [0.15, 0.2) is 0 Å². The molecule has 1 atom stereocenters. The Labute approximate surface area is 140 Å². The summed E-state index contributed by atoms with van der Waals surface area (Å²) in [5.41, 5.74) is 6.53. The van der Waals surface area contributed by atoms with Crippen molar-refractivity contribution < 1.29 is 9.90 Å². The summed E-state index contributed by atoms with van der Waals surface area (Å²) in [6, 6.07) is 6.43. The summed E-state index contributed by atoms with van der Waals surface area (Å²) in [6.07, 6.45) is 1.63. The fraction of sp³-hybridized carbons (Fsp3) is 0.143. The third kappa shape index (κ3) is 3.87. The molecule has 0 radical (unpaired) electrons. The van der Waals surface area contributed by atoms with E-state index in [0.29, 0.717) is 15.2 Å². The predicted octanol–water partition coefficient (Wildman–Crippen LogP) is 3.86. The number of carbonyl (C=O) groups excluding carboxylic acids is 1. The summed E-state index contributed by atoms with van der Waals surface area (Å²) in [4.78, 5) is 15.5. The normalized spacial score (nSPS) is 12.1. The molecule has 0 saturated carbocycles. The highest BCUT2D eigenvalue weighted by Gasteiger charge is 2.22. The molecule has 2 aromatic rings. The number of amides is 1. The van der Waals surface area contributed by atoms with E-state index in [-0.39, 0.29) is 17.2 Å². The largest absolute Gasteiger partial charge is 0.508 e. The Bertz CT molecular complexity index is 677. The monoisotopic (exact) mass is 388 g/mol. The third-order valence-corrected chi connectivity index (χ3v) is 4.19. The van der Waals surface area contributed by atoms with E-state index < -0.39 is 11.8 Å². The Balaban J connectivity index is 2.52. The first-order valence-corrected chi connectivity index (χ1v) is 7.51. The first kappa shape index (κ1) is 16.1. The molecule has 0 bridgehead atoms. The van der Waals surface area contributed by atoms with E-state index >= 15 is 0 Å². The van der Waals surface area contributed by atoms with Crippen LogP contribution in [-0.2, 0) is 4.79 Å². The molecule has 0 aliphatic rings. The highest BCUT2D eigenvalue weighted by Crippen LogP contribution is 2.38. The molecule has 3 N–H and O–H groups in total. The van der Waals surface area contributed by atoms with E-state index in [1.54, 1.807) is 18.3 Å². The zero-order valence-electron chi connectivity index (χ0n) is 10.7. The van der Waals surface area contributed by atoms with Crippen molar-refractivity contribution in [1.82, 2.24) is 4.98 Å². The minimum atomic E-state index is -0.492. The van der Waals surface area contributed by atoms with Gasteiger partial charge >= 0.3 is 0 Å². The van der Waals surface area contributed by atoms with Crippen molar-refractivity contribution >= 4 is 45.0 Å². The van der Waals surface area contributed by atoms with Crippen molar-refractivity contribution in [2.24, 2.45) is 5.73 Å². The number of phenolic OH excluding ortho intramolecular Hbond substituents is 1. The molecular formula is C14H11BrCl2N2O2. The van der Waals surface area contributed by atoms with Crippen LogP contribution in [0.4, 0.5) is 0 Å². The van der Waals surface area contributed by atoms with Crippen LogP contribution in [0.25, 0.3) is 0 Å². The van der Waals surface area contributed by atoms with E-state index in [4.69, 9.17) is 28.9 Å². The van der Waals surface area contributed by atoms with Crippen molar-refractivity contribution in [2.75, 3.05) is 0 Å². The van der Waals surface area contributed by atoms with Crippen molar-refractivity contribution in [3.8, 4) is 5.75 Å². The van der Waals surface area contributed by atoms with Crippen LogP contribution in [0.1, 0.15) is 23.5 Å². The van der Waals surface area contributed by atoms with E-state index in [1.807, 2.05) is 0 Å². The summed E-state index contributed by atoms with van der Waals surface area (Å²) >= 11 is 15.1. The zero-order valence-corrected chi connectivity index (χ0v) is 13.8. The van der Waals surface area contributed by atoms with Gasteiger partial charge in [-0.3, -0.25) is 4.79 Å². The second-order valence-corrected chi connectivity index (χ2v) is 6.09. The van der Waals surface area contributed by atoms with Crippen LogP contribution < -0.4 is 5.73 Å². The molecule has 0 aliphatic heterocycles. The van der Waals surface area contributed by atoms with Gasteiger partial charge in [0.2, 0.25) is 5.91 Å². The highest BCUT2D eigenvalue weighted by molar-refractivity contribution is 9.10. The van der Waals surface area contributed by atoms with Crippen LogP contribution in [-0.4, -0.2) is 16.0 Å². The van der Waals surface area contributed by atoms with E-state index in [0.717, 1.165) is 5.56 Å². The van der Waals surface area contributed by atoms with E-state index in [9.17, 15) is 9.90 Å². The molecule has 2 rings (SSSR count). The second kappa shape index (κ2) is 6.64. The molecule has 0 saturated heterocycles. The number of halogens is 3. The second-order valence-electron chi connectivity index (χ2n) is 4.46. The average molecular weight is 390 g/mol. The lowest BCUT2D eigenvalue weighted by Crippen LogP contribution is -2.16. The van der Waals surface area contributed by atoms with Gasteiger partial charge in [0.05, 0.1) is 10.0 Å². The molecular weight excluding hydrogens is 379 g/mol. The number of hydrogen-bond donors (Lipinski definition) is 2. The average Bonchev–Trinajstić information content (AvgIpc) is 2.41. The summed E-state index contributed by atoms with van der Waals surface area (Å²) in [6.45, 7) is 0. The van der Waals surface area contributed by atoms with E-state index in [1.165, 1.54) is 12.1 Å². The van der Waals surface area contributed by atoms with Gasteiger partial charge in [-0.05, 0) is 33.6 Å². The van der Waals surface area contributed by atoms with Gasteiger partial charge in [-0.1, -0.05) is 29.3 Å². The molecule has 0 fully saturated rings. The number of hydrogen-bond acceptors (Lipinski definition) is 3. The number of phenols is 1. The van der Waals surface area contributed by atoms with Gasteiger partial charge in [-0.2, -0.15) is 0 Å². The SMILES string of the molecule is NC(=O)CC(c1ccc(Br)nc1)c1cc(Cl)c(Cl)cc1O. The number of nitrogens with zero attached hydrogens (tertiary/aromatic N) is 1. The van der Waals surface area contributed by atoms with Crippen molar-refractivity contribution in [3.05, 3.63) is 56.2 Å². The fourth-order valence-corrected chi connectivity index (χ4v) is 2.60. The summed E-state index contributed by atoms with van der Waals surface area (Å²) in [5, 5.41) is 10.6. The highest BCUT2D eigenvalue weighted by atomic mass is 79.9. The van der Waals surface area contributed by atoms with E-state index in [2.05, 4.69) is 20.9 Å². The molecule has 1 amide bonds. The van der Waals surface area contributed by atoms with Crippen molar-refractivity contribution in [2.45, 2.75) is 12.3 Å². The van der Waals surface area contributed by atoms with Crippen LogP contribution in [0.15, 0.2) is 35.1 Å². The fourth-order valence-electron chi connectivity index (χ4n) is 2.03. The van der Waals surface area contributed by atoms with Gasteiger partial charge in [-0.25, -0.2) is 4.98 Å². The molecule has 1 aromatic carbocycles. The third-order valence-electron chi connectivity index (χ3n) is 3.00. The molecule has 1 aromatic heterocycles. The lowest BCUT2D eigenvalue weighted by molar-refractivity contribution is -0.118.